The van der Waals surface area contributed by atoms with Crippen molar-refractivity contribution >= 4 is 11.8 Å². The molecule has 1 saturated heterocycles. The number of furan rings is 1. The monoisotopic (exact) mass is 343 g/mol. The molecule has 2 aromatic heterocycles. The van der Waals surface area contributed by atoms with Crippen LogP contribution in [0.1, 0.15) is 43.6 Å². The number of aromatic nitrogens is 1. The van der Waals surface area contributed by atoms with Gasteiger partial charge in [0.1, 0.15) is 5.76 Å². The molecule has 0 aromatic carbocycles. The lowest BCUT2D eigenvalue weighted by Gasteiger charge is -2.38. The van der Waals surface area contributed by atoms with Crippen molar-refractivity contribution in [2.24, 2.45) is 0 Å². The van der Waals surface area contributed by atoms with E-state index in [1.54, 1.807) is 25.3 Å². The van der Waals surface area contributed by atoms with Gasteiger partial charge in [-0.05, 0) is 31.9 Å². The molecule has 1 aliphatic heterocycles. The number of carbonyl (C=O) groups is 2. The molecular formula is C18H21N3O4. The highest BCUT2D eigenvalue weighted by Gasteiger charge is 2.48. The first-order valence-corrected chi connectivity index (χ1v) is 8.66. The van der Waals surface area contributed by atoms with Gasteiger partial charge in [-0.2, -0.15) is 0 Å². The summed E-state index contributed by atoms with van der Waals surface area (Å²) in [6.45, 7) is 1.78. The molecule has 0 unspecified atom stereocenters. The molecule has 2 aliphatic rings. The number of rotatable bonds is 4. The van der Waals surface area contributed by atoms with Crippen molar-refractivity contribution in [1.29, 1.82) is 0 Å². The molecule has 0 bridgehead atoms. The Kier molecular flexibility index (Phi) is 3.86. The Bertz CT molecular complexity index is 795. The number of carbonyl (C=O) groups excluding carboxylic acids is 2. The minimum atomic E-state index is -0.450. The standard InChI is InChI=1S/C18H21N3O4/c1-11-12(19-17(25-11)13-5-4-8-24-13)9-15(22)21-18-7-3-2-6-14(18)20-16(23)10-18/h4-5,8,14H,2-3,6-7,9-10H2,1H3,(H,20,23)(H,21,22)/t14-,18+/m0/s1. The molecule has 132 valence electrons. The normalized spacial score (nSPS) is 25.5. The molecule has 4 rings (SSSR count). The van der Waals surface area contributed by atoms with Crippen LogP contribution in [0.15, 0.2) is 27.2 Å². The minimum absolute atomic E-state index is 0.0184. The highest BCUT2D eigenvalue weighted by Crippen LogP contribution is 2.35. The highest BCUT2D eigenvalue weighted by molar-refractivity contribution is 5.85. The second kappa shape index (κ2) is 6.06. The quantitative estimate of drug-likeness (QED) is 0.886. The van der Waals surface area contributed by atoms with E-state index >= 15 is 0 Å². The molecule has 2 fully saturated rings. The summed E-state index contributed by atoms with van der Waals surface area (Å²) in [5.41, 5.74) is 0.137. The average molecular weight is 343 g/mol. The lowest BCUT2D eigenvalue weighted by atomic mass is 9.78. The van der Waals surface area contributed by atoms with E-state index in [0.29, 0.717) is 29.5 Å². The Morgan fingerprint density at radius 3 is 3.16 bits per heavy atom. The second-order valence-corrected chi connectivity index (χ2v) is 6.92. The Hall–Kier alpha value is -2.57. The fraction of sp³-hybridized carbons (Fsp3) is 0.500. The largest absolute Gasteiger partial charge is 0.459 e. The molecule has 0 radical (unpaired) electrons. The van der Waals surface area contributed by atoms with Gasteiger partial charge in [0.05, 0.1) is 36.4 Å². The van der Waals surface area contributed by atoms with E-state index in [2.05, 4.69) is 15.6 Å². The van der Waals surface area contributed by atoms with Gasteiger partial charge in [-0.1, -0.05) is 12.8 Å². The van der Waals surface area contributed by atoms with Gasteiger partial charge in [0.15, 0.2) is 5.76 Å². The topological polar surface area (TPSA) is 97.4 Å². The number of amides is 2. The highest BCUT2D eigenvalue weighted by atomic mass is 16.4. The van der Waals surface area contributed by atoms with Gasteiger partial charge in [0, 0.05) is 0 Å². The fourth-order valence-electron chi connectivity index (χ4n) is 3.96. The van der Waals surface area contributed by atoms with Gasteiger partial charge in [0.2, 0.25) is 11.8 Å². The van der Waals surface area contributed by atoms with Crippen LogP contribution in [-0.4, -0.2) is 28.4 Å². The van der Waals surface area contributed by atoms with Crippen molar-refractivity contribution in [3.05, 3.63) is 29.9 Å². The van der Waals surface area contributed by atoms with Gasteiger partial charge in [0.25, 0.3) is 5.89 Å². The van der Waals surface area contributed by atoms with Crippen molar-refractivity contribution in [3.63, 3.8) is 0 Å². The molecule has 2 aromatic rings. The first-order chi connectivity index (χ1) is 12.1. The van der Waals surface area contributed by atoms with Crippen molar-refractivity contribution in [3.8, 4) is 11.7 Å². The zero-order chi connectivity index (χ0) is 17.4. The maximum atomic E-state index is 12.6. The minimum Gasteiger partial charge on any atom is -0.459 e. The number of nitrogens with one attached hydrogen (secondary N) is 2. The molecule has 2 N–H and O–H groups in total. The van der Waals surface area contributed by atoms with E-state index in [9.17, 15) is 9.59 Å². The molecular weight excluding hydrogens is 322 g/mol. The van der Waals surface area contributed by atoms with Crippen LogP contribution in [0.25, 0.3) is 11.7 Å². The summed E-state index contributed by atoms with van der Waals surface area (Å²) in [7, 11) is 0. The van der Waals surface area contributed by atoms with Crippen LogP contribution < -0.4 is 10.6 Å². The predicted molar refractivity (Wildman–Crippen MR) is 88.5 cm³/mol. The van der Waals surface area contributed by atoms with Gasteiger partial charge < -0.3 is 19.5 Å². The van der Waals surface area contributed by atoms with Crippen molar-refractivity contribution in [2.75, 3.05) is 0 Å². The maximum absolute atomic E-state index is 12.6. The van der Waals surface area contributed by atoms with Crippen LogP contribution in [0, 0.1) is 6.92 Å². The van der Waals surface area contributed by atoms with E-state index in [0.717, 1.165) is 25.7 Å². The lowest BCUT2D eigenvalue weighted by molar-refractivity contribution is -0.123. The van der Waals surface area contributed by atoms with E-state index in [1.165, 1.54) is 0 Å². The summed E-state index contributed by atoms with van der Waals surface area (Å²) in [5, 5.41) is 6.12. The summed E-state index contributed by atoms with van der Waals surface area (Å²) in [6, 6.07) is 3.55. The summed E-state index contributed by atoms with van der Waals surface area (Å²) >= 11 is 0. The van der Waals surface area contributed by atoms with Crippen LogP contribution in [0.3, 0.4) is 0 Å². The Morgan fingerprint density at radius 1 is 1.48 bits per heavy atom. The van der Waals surface area contributed by atoms with E-state index in [1.807, 2.05) is 0 Å². The number of hydrogen-bond acceptors (Lipinski definition) is 5. The molecule has 1 saturated carbocycles. The first kappa shape index (κ1) is 15.9. The fourth-order valence-corrected chi connectivity index (χ4v) is 3.96. The van der Waals surface area contributed by atoms with Crippen LogP contribution in [0.4, 0.5) is 0 Å². The van der Waals surface area contributed by atoms with Crippen LogP contribution >= 0.6 is 0 Å². The third-order valence-electron chi connectivity index (χ3n) is 5.18. The molecule has 25 heavy (non-hydrogen) atoms. The van der Waals surface area contributed by atoms with Crippen molar-refractivity contribution in [1.82, 2.24) is 15.6 Å². The zero-order valence-corrected chi connectivity index (χ0v) is 14.1. The Labute approximate surface area is 145 Å². The number of nitrogens with zero attached hydrogens (tertiary/aromatic N) is 1. The summed E-state index contributed by atoms with van der Waals surface area (Å²) in [6.07, 6.45) is 5.88. The second-order valence-electron chi connectivity index (χ2n) is 6.92. The van der Waals surface area contributed by atoms with E-state index in [4.69, 9.17) is 8.83 Å². The maximum Gasteiger partial charge on any atom is 0.263 e. The predicted octanol–water partition coefficient (Wildman–Crippen LogP) is 2.10. The van der Waals surface area contributed by atoms with Gasteiger partial charge in [-0.3, -0.25) is 9.59 Å². The molecule has 1 aliphatic carbocycles. The third-order valence-corrected chi connectivity index (χ3v) is 5.18. The van der Waals surface area contributed by atoms with E-state index < -0.39 is 5.54 Å². The molecule has 2 atom stereocenters. The molecule has 7 heteroatoms. The first-order valence-electron chi connectivity index (χ1n) is 8.66. The van der Waals surface area contributed by atoms with Crippen LogP contribution in [0.5, 0.6) is 0 Å². The van der Waals surface area contributed by atoms with Crippen molar-refractivity contribution < 1.29 is 18.4 Å². The SMILES string of the molecule is Cc1oc(-c2ccco2)nc1CC(=O)N[C@@]12CCCC[C@@H]1NC(=O)C2. The summed E-state index contributed by atoms with van der Waals surface area (Å²) in [5.74, 6) is 1.39. The zero-order valence-electron chi connectivity index (χ0n) is 14.1. The number of oxazole rings is 1. The number of aryl methyl sites for hydroxylation is 1. The van der Waals surface area contributed by atoms with Gasteiger partial charge >= 0.3 is 0 Å². The van der Waals surface area contributed by atoms with Crippen LogP contribution in [0.2, 0.25) is 0 Å². The molecule has 0 spiro atoms. The summed E-state index contributed by atoms with van der Waals surface area (Å²) in [4.78, 5) is 28.8. The van der Waals surface area contributed by atoms with E-state index in [-0.39, 0.29) is 24.3 Å². The van der Waals surface area contributed by atoms with Gasteiger partial charge in [-0.25, -0.2) is 4.98 Å². The smallest absolute Gasteiger partial charge is 0.263 e. The van der Waals surface area contributed by atoms with Crippen LogP contribution in [-0.2, 0) is 16.0 Å². The lowest BCUT2D eigenvalue weighted by Crippen LogP contribution is -2.57. The number of hydrogen-bond donors (Lipinski definition) is 2. The summed E-state index contributed by atoms with van der Waals surface area (Å²) < 4.78 is 10.9. The average Bonchev–Trinajstić information content (AvgIpc) is 3.26. The molecule has 2 amide bonds. The Balaban J connectivity index is 1.48. The van der Waals surface area contributed by atoms with Crippen molar-refractivity contribution in [2.45, 2.75) is 57.0 Å². The number of fused-ring (bicyclic) bond motifs is 1. The molecule has 7 nitrogen and oxygen atoms in total. The molecule has 3 heterocycles. The Morgan fingerprint density at radius 2 is 2.36 bits per heavy atom. The van der Waals surface area contributed by atoms with Gasteiger partial charge in [-0.15, -0.1) is 0 Å². The third kappa shape index (κ3) is 2.94.